The Labute approximate surface area is 222 Å². The summed E-state index contributed by atoms with van der Waals surface area (Å²) in [6, 6.07) is 10.8. The molecule has 1 saturated heterocycles. The molecule has 0 unspecified atom stereocenters. The predicted octanol–water partition coefficient (Wildman–Crippen LogP) is 3.80. The highest BCUT2D eigenvalue weighted by atomic mass is 19.1. The number of carbonyl (C=O) groups is 3. The van der Waals surface area contributed by atoms with Crippen LogP contribution in [0.4, 0.5) is 9.18 Å². The van der Waals surface area contributed by atoms with Gasteiger partial charge in [-0.25, -0.2) is 9.18 Å². The van der Waals surface area contributed by atoms with Gasteiger partial charge in [-0.15, -0.1) is 0 Å². The molecule has 3 N–H and O–H groups in total. The number of aliphatic hydroxyl groups excluding tert-OH is 1. The van der Waals surface area contributed by atoms with E-state index in [1.54, 1.807) is 84.0 Å². The van der Waals surface area contributed by atoms with Gasteiger partial charge in [-0.05, 0) is 49.9 Å². The standard InChI is InChI=1S/C28H36FN3O6/c1-27(2,3)23(30-26(36)37-28(4,5)6)25(35)32-16-18(33)15-22(32)24(34)31-38-19-13-11-17(12-14-19)20-9-7-8-10-21(20)29/h7-14,18,22-23,33H,15-16H2,1-6H3,(H,30,36)(H,31,34)/t18-,22+,23-/m1/s1. The van der Waals surface area contributed by atoms with Crippen LogP contribution in [0.15, 0.2) is 48.5 Å². The van der Waals surface area contributed by atoms with E-state index in [9.17, 15) is 23.9 Å². The zero-order valence-corrected chi connectivity index (χ0v) is 22.6. The van der Waals surface area contributed by atoms with Crippen molar-refractivity contribution in [2.45, 2.75) is 71.8 Å². The van der Waals surface area contributed by atoms with Gasteiger partial charge >= 0.3 is 6.09 Å². The Hall–Kier alpha value is -3.66. The highest BCUT2D eigenvalue weighted by Crippen LogP contribution is 2.27. The van der Waals surface area contributed by atoms with E-state index in [0.717, 1.165) is 0 Å². The predicted molar refractivity (Wildman–Crippen MR) is 139 cm³/mol. The van der Waals surface area contributed by atoms with Gasteiger partial charge in [0, 0.05) is 18.5 Å². The smallest absolute Gasteiger partial charge is 0.408 e. The fraction of sp³-hybridized carbons (Fsp3) is 0.464. The van der Waals surface area contributed by atoms with Crippen LogP contribution < -0.4 is 15.6 Å². The zero-order valence-electron chi connectivity index (χ0n) is 22.6. The molecule has 10 heteroatoms. The van der Waals surface area contributed by atoms with Gasteiger partial charge < -0.3 is 24.9 Å². The molecule has 2 aromatic rings. The van der Waals surface area contributed by atoms with Crippen molar-refractivity contribution in [3.63, 3.8) is 0 Å². The number of benzene rings is 2. The highest BCUT2D eigenvalue weighted by molar-refractivity contribution is 5.92. The summed E-state index contributed by atoms with van der Waals surface area (Å²) in [6.07, 6.45) is -1.67. The van der Waals surface area contributed by atoms with Gasteiger partial charge in [0.05, 0.1) is 6.10 Å². The molecule has 206 valence electrons. The SMILES string of the molecule is CC(C)(C)OC(=O)N[C@H](C(=O)N1C[C@H](O)C[C@H]1C(=O)NOc1ccc(-c2ccccc2F)cc1)C(C)(C)C. The first kappa shape index (κ1) is 28.9. The number of hydroxylamine groups is 1. The summed E-state index contributed by atoms with van der Waals surface area (Å²) in [6.45, 7) is 10.4. The first-order valence-corrected chi connectivity index (χ1v) is 12.5. The van der Waals surface area contributed by atoms with Crippen molar-refractivity contribution in [1.29, 1.82) is 0 Å². The average Bonchev–Trinajstić information content (AvgIpc) is 3.21. The van der Waals surface area contributed by atoms with E-state index in [0.29, 0.717) is 16.9 Å². The normalized spacial score (nSPS) is 18.5. The van der Waals surface area contributed by atoms with Crippen molar-refractivity contribution >= 4 is 17.9 Å². The van der Waals surface area contributed by atoms with Crippen LogP contribution in [-0.2, 0) is 14.3 Å². The molecule has 9 nitrogen and oxygen atoms in total. The van der Waals surface area contributed by atoms with Crippen molar-refractivity contribution in [3.8, 4) is 16.9 Å². The minimum atomic E-state index is -1.01. The highest BCUT2D eigenvalue weighted by Gasteiger charge is 2.45. The van der Waals surface area contributed by atoms with E-state index in [4.69, 9.17) is 9.57 Å². The molecule has 1 fully saturated rings. The minimum absolute atomic E-state index is 0.0104. The number of rotatable bonds is 6. The van der Waals surface area contributed by atoms with Gasteiger partial charge in [0.1, 0.15) is 23.5 Å². The van der Waals surface area contributed by atoms with E-state index >= 15 is 0 Å². The lowest BCUT2D eigenvalue weighted by molar-refractivity contribution is -0.144. The molecule has 0 spiro atoms. The van der Waals surface area contributed by atoms with Crippen LogP contribution in [0.3, 0.4) is 0 Å². The third kappa shape index (κ3) is 7.44. The fourth-order valence-corrected chi connectivity index (χ4v) is 4.12. The molecule has 0 saturated carbocycles. The summed E-state index contributed by atoms with van der Waals surface area (Å²) < 4.78 is 19.3. The van der Waals surface area contributed by atoms with E-state index in [-0.39, 0.29) is 18.8 Å². The molecule has 0 radical (unpaired) electrons. The number of nitrogens with zero attached hydrogens (tertiary/aromatic N) is 1. The largest absolute Gasteiger partial charge is 0.444 e. The first-order valence-electron chi connectivity index (χ1n) is 12.5. The molecular weight excluding hydrogens is 493 g/mol. The summed E-state index contributed by atoms with van der Waals surface area (Å²) in [5, 5.41) is 12.9. The van der Waals surface area contributed by atoms with Crippen molar-refractivity contribution in [1.82, 2.24) is 15.7 Å². The molecule has 1 aliphatic heterocycles. The maximum atomic E-state index is 14.0. The lowest BCUT2D eigenvalue weighted by Gasteiger charge is -2.35. The average molecular weight is 530 g/mol. The van der Waals surface area contributed by atoms with E-state index in [1.165, 1.54) is 11.0 Å². The molecule has 3 amide bonds. The zero-order chi connectivity index (χ0) is 28.3. The van der Waals surface area contributed by atoms with Crippen LogP contribution in [0.2, 0.25) is 0 Å². The fourth-order valence-electron chi connectivity index (χ4n) is 4.12. The molecule has 3 atom stereocenters. The number of halogens is 1. The number of ether oxygens (including phenoxy) is 1. The number of carbonyl (C=O) groups excluding carboxylic acids is 3. The summed E-state index contributed by atoms with van der Waals surface area (Å²) in [4.78, 5) is 45.6. The Morgan fingerprint density at radius 1 is 1.03 bits per heavy atom. The van der Waals surface area contributed by atoms with Crippen molar-refractivity contribution in [3.05, 3.63) is 54.3 Å². The maximum absolute atomic E-state index is 14.0. The van der Waals surface area contributed by atoms with E-state index in [1.807, 2.05) is 0 Å². The number of nitrogens with one attached hydrogen (secondary N) is 2. The number of hydrogen-bond acceptors (Lipinski definition) is 6. The van der Waals surface area contributed by atoms with Crippen molar-refractivity contribution < 1.29 is 33.5 Å². The summed E-state index contributed by atoms with van der Waals surface area (Å²) in [5.41, 5.74) is 1.95. The maximum Gasteiger partial charge on any atom is 0.408 e. The molecule has 0 aromatic heterocycles. The Kier molecular flexibility index (Phi) is 8.66. The third-order valence-corrected chi connectivity index (χ3v) is 5.95. The topological polar surface area (TPSA) is 117 Å². The van der Waals surface area contributed by atoms with Gasteiger partial charge in [0.2, 0.25) is 5.91 Å². The molecule has 2 aromatic carbocycles. The molecule has 0 bridgehead atoms. The van der Waals surface area contributed by atoms with Gasteiger partial charge in [0.15, 0.2) is 5.75 Å². The second-order valence-electron chi connectivity index (χ2n) is 11.4. The van der Waals surface area contributed by atoms with Crippen LogP contribution in [0.25, 0.3) is 11.1 Å². The Morgan fingerprint density at radius 3 is 2.24 bits per heavy atom. The number of hydrogen-bond donors (Lipinski definition) is 3. The van der Waals surface area contributed by atoms with Crippen LogP contribution in [0.1, 0.15) is 48.0 Å². The lowest BCUT2D eigenvalue weighted by atomic mass is 9.85. The van der Waals surface area contributed by atoms with E-state index in [2.05, 4.69) is 10.8 Å². The van der Waals surface area contributed by atoms with Gasteiger partial charge in [-0.3, -0.25) is 9.59 Å². The van der Waals surface area contributed by atoms with Gasteiger partial charge in [0.25, 0.3) is 5.91 Å². The number of amides is 3. The molecular formula is C28H36FN3O6. The summed E-state index contributed by atoms with van der Waals surface area (Å²) in [7, 11) is 0. The molecule has 3 rings (SSSR count). The van der Waals surface area contributed by atoms with Crippen LogP contribution in [0, 0.1) is 11.2 Å². The van der Waals surface area contributed by atoms with E-state index < -0.39 is 47.1 Å². The number of likely N-dealkylation sites (tertiary alicyclic amines) is 1. The van der Waals surface area contributed by atoms with Crippen LogP contribution in [0.5, 0.6) is 5.75 Å². The van der Waals surface area contributed by atoms with Crippen molar-refractivity contribution in [2.75, 3.05) is 6.54 Å². The second-order valence-corrected chi connectivity index (χ2v) is 11.4. The lowest BCUT2D eigenvalue weighted by Crippen LogP contribution is -2.58. The third-order valence-electron chi connectivity index (χ3n) is 5.95. The molecule has 38 heavy (non-hydrogen) atoms. The molecule has 1 aliphatic rings. The van der Waals surface area contributed by atoms with Gasteiger partial charge in [-0.2, -0.15) is 5.48 Å². The Bertz CT molecular complexity index is 1160. The first-order chi connectivity index (χ1) is 17.7. The number of alkyl carbamates (subject to hydrolysis) is 1. The summed E-state index contributed by atoms with van der Waals surface area (Å²) in [5.74, 6) is -1.20. The van der Waals surface area contributed by atoms with Crippen LogP contribution >= 0.6 is 0 Å². The van der Waals surface area contributed by atoms with Crippen LogP contribution in [-0.4, -0.2) is 58.2 Å². The number of β-amino-alcohol motifs (C(OH)–C–C–N with tert-alkyl or cyclic N) is 1. The van der Waals surface area contributed by atoms with Crippen molar-refractivity contribution in [2.24, 2.45) is 5.41 Å². The monoisotopic (exact) mass is 529 g/mol. The minimum Gasteiger partial charge on any atom is -0.444 e. The number of aliphatic hydroxyl groups is 1. The van der Waals surface area contributed by atoms with Gasteiger partial charge in [-0.1, -0.05) is 51.1 Å². The Balaban J connectivity index is 1.68. The molecule has 1 heterocycles. The Morgan fingerprint density at radius 2 is 1.66 bits per heavy atom. The summed E-state index contributed by atoms with van der Waals surface area (Å²) >= 11 is 0. The molecule has 0 aliphatic carbocycles. The second kappa shape index (κ2) is 11.4. The quantitative estimate of drug-likeness (QED) is 0.490.